The van der Waals surface area contributed by atoms with Crippen molar-refractivity contribution in [2.75, 3.05) is 0 Å². The minimum atomic E-state index is -4.33. The lowest BCUT2D eigenvalue weighted by molar-refractivity contribution is 0.423. The van der Waals surface area contributed by atoms with Gasteiger partial charge in [-0.2, -0.15) is 8.42 Å². The van der Waals surface area contributed by atoms with Gasteiger partial charge < -0.3 is 4.52 Å². The van der Waals surface area contributed by atoms with E-state index in [9.17, 15) is 13.0 Å². The van der Waals surface area contributed by atoms with E-state index in [1.54, 1.807) is 12.1 Å². The molecule has 0 amide bonds. The Morgan fingerprint density at radius 3 is 2.72 bits per heavy atom. The van der Waals surface area contributed by atoms with Crippen molar-refractivity contribution < 1.29 is 17.5 Å². The molecular weight excluding hydrogens is 256 g/mol. The Bertz CT molecular complexity index is 867. The second kappa shape index (κ2) is 3.50. The first-order valence-electron chi connectivity index (χ1n) is 5.10. The van der Waals surface area contributed by atoms with Crippen molar-refractivity contribution in [3.05, 3.63) is 29.8 Å². The van der Waals surface area contributed by atoms with Crippen LogP contribution in [0.5, 0.6) is 0 Å². The molecule has 3 aromatic rings. The SMILES string of the molecule is Cc1ccc2c(c1)c(S(=O)(=O)O)cc1onnc12. The third kappa shape index (κ3) is 1.56. The Hall–Kier alpha value is -1.99. The van der Waals surface area contributed by atoms with Crippen LogP contribution in [-0.4, -0.2) is 23.3 Å². The largest absolute Gasteiger partial charge is 0.337 e. The minimum absolute atomic E-state index is 0.202. The quantitative estimate of drug-likeness (QED) is 0.675. The second-order valence-corrected chi connectivity index (χ2v) is 5.41. The van der Waals surface area contributed by atoms with Gasteiger partial charge in [0.15, 0.2) is 5.58 Å². The monoisotopic (exact) mass is 264 g/mol. The van der Waals surface area contributed by atoms with Crippen molar-refractivity contribution in [2.24, 2.45) is 0 Å². The molecule has 0 unspecified atom stereocenters. The first-order valence-corrected chi connectivity index (χ1v) is 6.54. The van der Waals surface area contributed by atoms with Crippen LogP contribution in [0, 0.1) is 6.92 Å². The smallest absolute Gasteiger partial charge is 0.295 e. The van der Waals surface area contributed by atoms with Gasteiger partial charge in [-0.05, 0) is 13.0 Å². The first kappa shape index (κ1) is 11.1. The lowest BCUT2D eigenvalue weighted by Gasteiger charge is -2.04. The molecule has 0 atom stereocenters. The lowest BCUT2D eigenvalue weighted by Crippen LogP contribution is -1.99. The molecule has 92 valence electrons. The molecule has 7 heteroatoms. The fraction of sp³-hybridized carbons (Fsp3) is 0.0909. The molecule has 0 saturated carbocycles. The van der Waals surface area contributed by atoms with Gasteiger partial charge in [0.2, 0.25) is 0 Å². The third-order valence-corrected chi connectivity index (χ3v) is 3.64. The van der Waals surface area contributed by atoms with Gasteiger partial charge in [0.25, 0.3) is 10.1 Å². The highest BCUT2D eigenvalue weighted by atomic mass is 32.2. The zero-order valence-electron chi connectivity index (χ0n) is 9.28. The number of aryl methyl sites for hydroxylation is 1. The molecule has 0 radical (unpaired) electrons. The van der Waals surface area contributed by atoms with Crippen LogP contribution in [0.2, 0.25) is 0 Å². The van der Waals surface area contributed by atoms with E-state index in [1.165, 1.54) is 6.07 Å². The summed E-state index contributed by atoms with van der Waals surface area (Å²) in [5.41, 5.74) is 1.57. The summed E-state index contributed by atoms with van der Waals surface area (Å²) in [7, 11) is -4.33. The number of hydrogen-bond donors (Lipinski definition) is 1. The Balaban J connectivity index is 2.63. The molecule has 2 aromatic carbocycles. The van der Waals surface area contributed by atoms with Crippen LogP contribution in [0.25, 0.3) is 21.9 Å². The van der Waals surface area contributed by atoms with Crippen molar-refractivity contribution in [1.29, 1.82) is 0 Å². The summed E-state index contributed by atoms with van der Waals surface area (Å²) in [5.74, 6) is 0. The molecule has 1 heterocycles. The van der Waals surface area contributed by atoms with Gasteiger partial charge >= 0.3 is 0 Å². The van der Waals surface area contributed by atoms with Crippen molar-refractivity contribution in [3.63, 3.8) is 0 Å². The predicted molar refractivity (Wildman–Crippen MR) is 63.9 cm³/mol. The minimum Gasteiger partial charge on any atom is -0.337 e. The predicted octanol–water partition coefficient (Wildman–Crippen LogP) is 1.93. The standard InChI is InChI=1S/C11H8N2O4S/c1-6-2-3-7-8(4-6)10(18(14,15)16)5-9-11(7)12-13-17-9/h2-5H,1H3,(H,14,15,16). The van der Waals surface area contributed by atoms with Gasteiger partial charge in [-0.25, -0.2) is 0 Å². The molecule has 1 aromatic heterocycles. The number of rotatable bonds is 1. The lowest BCUT2D eigenvalue weighted by atomic mass is 10.1. The van der Waals surface area contributed by atoms with E-state index in [0.29, 0.717) is 16.3 Å². The molecule has 0 spiro atoms. The van der Waals surface area contributed by atoms with Crippen LogP contribution in [0.3, 0.4) is 0 Å². The Kier molecular flexibility index (Phi) is 2.16. The van der Waals surface area contributed by atoms with Crippen LogP contribution in [0.4, 0.5) is 0 Å². The van der Waals surface area contributed by atoms with Crippen LogP contribution in [-0.2, 0) is 10.1 Å². The maximum Gasteiger partial charge on any atom is 0.295 e. The highest BCUT2D eigenvalue weighted by Gasteiger charge is 2.19. The van der Waals surface area contributed by atoms with Gasteiger partial charge in [0.1, 0.15) is 10.4 Å². The van der Waals surface area contributed by atoms with E-state index >= 15 is 0 Å². The molecule has 0 bridgehead atoms. The van der Waals surface area contributed by atoms with Crippen LogP contribution in [0.1, 0.15) is 5.56 Å². The molecule has 0 saturated heterocycles. The van der Waals surface area contributed by atoms with Crippen LogP contribution in [0.15, 0.2) is 33.7 Å². The van der Waals surface area contributed by atoms with E-state index in [1.807, 2.05) is 13.0 Å². The Labute approximate surface area is 102 Å². The summed E-state index contributed by atoms with van der Waals surface area (Å²) in [5, 5.41) is 8.18. The second-order valence-electron chi connectivity index (χ2n) is 4.02. The summed E-state index contributed by atoms with van der Waals surface area (Å²) in [6.45, 7) is 1.83. The Morgan fingerprint density at radius 2 is 2.00 bits per heavy atom. The highest BCUT2D eigenvalue weighted by molar-refractivity contribution is 7.86. The summed E-state index contributed by atoms with van der Waals surface area (Å²) in [6.07, 6.45) is 0. The number of fused-ring (bicyclic) bond motifs is 3. The van der Waals surface area contributed by atoms with Crippen molar-refractivity contribution in [2.45, 2.75) is 11.8 Å². The highest BCUT2D eigenvalue weighted by Crippen LogP contribution is 2.30. The summed E-state index contributed by atoms with van der Waals surface area (Å²) in [6, 6.07) is 6.45. The summed E-state index contributed by atoms with van der Waals surface area (Å²) < 4.78 is 36.9. The molecule has 0 aliphatic rings. The van der Waals surface area contributed by atoms with E-state index < -0.39 is 10.1 Å². The van der Waals surface area contributed by atoms with E-state index in [0.717, 1.165) is 5.56 Å². The van der Waals surface area contributed by atoms with Crippen LogP contribution < -0.4 is 0 Å². The molecule has 6 nitrogen and oxygen atoms in total. The number of nitrogens with zero attached hydrogens (tertiary/aromatic N) is 2. The molecule has 0 fully saturated rings. The van der Waals surface area contributed by atoms with E-state index in [4.69, 9.17) is 4.52 Å². The van der Waals surface area contributed by atoms with Gasteiger partial charge in [-0.3, -0.25) is 4.55 Å². The van der Waals surface area contributed by atoms with Gasteiger partial charge in [-0.15, -0.1) is 5.10 Å². The summed E-state index contributed by atoms with van der Waals surface area (Å²) in [4.78, 5) is -0.202. The number of hydrogen-bond acceptors (Lipinski definition) is 5. The van der Waals surface area contributed by atoms with Crippen molar-refractivity contribution in [3.8, 4) is 0 Å². The number of benzene rings is 2. The van der Waals surface area contributed by atoms with Crippen molar-refractivity contribution in [1.82, 2.24) is 10.4 Å². The molecule has 3 rings (SSSR count). The summed E-state index contributed by atoms with van der Waals surface area (Å²) >= 11 is 0. The van der Waals surface area contributed by atoms with Gasteiger partial charge in [-0.1, -0.05) is 17.7 Å². The van der Waals surface area contributed by atoms with Crippen molar-refractivity contribution >= 4 is 32.0 Å². The topological polar surface area (TPSA) is 93.3 Å². The molecule has 0 aliphatic heterocycles. The molecule has 18 heavy (non-hydrogen) atoms. The molecule has 1 N–H and O–H groups in total. The maximum absolute atomic E-state index is 11.4. The van der Waals surface area contributed by atoms with Crippen LogP contribution >= 0.6 is 0 Å². The zero-order valence-corrected chi connectivity index (χ0v) is 10.1. The average Bonchev–Trinajstić information content (AvgIpc) is 2.74. The Morgan fingerprint density at radius 1 is 1.22 bits per heavy atom. The zero-order chi connectivity index (χ0) is 12.9. The maximum atomic E-state index is 11.4. The van der Waals surface area contributed by atoms with E-state index in [2.05, 4.69) is 10.4 Å². The normalized spacial score (nSPS) is 12.3. The molecule has 0 aliphatic carbocycles. The van der Waals surface area contributed by atoms with Gasteiger partial charge in [0.05, 0.1) is 0 Å². The molecular formula is C11H8N2O4S. The average molecular weight is 264 g/mol. The fourth-order valence-corrected chi connectivity index (χ4v) is 2.66. The fourth-order valence-electron chi connectivity index (χ4n) is 1.96. The number of aromatic nitrogens is 2. The first-order chi connectivity index (χ1) is 8.47. The third-order valence-electron chi connectivity index (χ3n) is 2.75. The van der Waals surface area contributed by atoms with E-state index in [-0.39, 0.29) is 10.5 Å². The van der Waals surface area contributed by atoms with Gasteiger partial charge in [0, 0.05) is 22.1 Å².